The third-order valence-electron chi connectivity index (χ3n) is 4.08. The van der Waals surface area contributed by atoms with Crippen LogP contribution in [0.25, 0.3) is 10.8 Å². The van der Waals surface area contributed by atoms with Crippen LogP contribution in [-0.2, 0) is 6.18 Å². The first-order chi connectivity index (χ1) is 13.8. The average molecular weight is 421 g/mol. The maximum atomic E-state index is 12.7. The molecule has 29 heavy (non-hydrogen) atoms. The molecular weight excluding hydrogens is 403 g/mol. The molecule has 0 aliphatic heterocycles. The van der Waals surface area contributed by atoms with Gasteiger partial charge in [0.15, 0.2) is 10.9 Å². The molecule has 0 fully saturated rings. The second-order valence-corrected chi connectivity index (χ2v) is 6.59. The third-order valence-corrected chi connectivity index (χ3v) is 4.32. The minimum atomic E-state index is -4.40. The van der Waals surface area contributed by atoms with E-state index in [4.69, 9.17) is 12.2 Å². The summed E-state index contributed by atoms with van der Waals surface area (Å²) in [6, 6.07) is 12.0. The van der Waals surface area contributed by atoms with E-state index in [1.165, 1.54) is 12.1 Å². The fourth-order valence-electron chi connectivity index (χ4n) is 2.70. The van der Waals surface area contributed by atoms with Gasteiger partial charge in [0.05, 0.1) is 10.9 Å². The summed E-state index contributed by atoms with van der Waals surface area (Å²) in [4.78, 5) is 11.8. The number of halogens is 3. The van der Waals surface area contributed by atoms with Gasteiger partial charge in [0.1, 0.15) is 0 Å². The Hall–Kier alpha value is -3.14. The minimum Gasteiger partial charge on any atom is -0.368 e. The Labute approximate surface area is 169 Å². The molecule has 3 rings (SSSR count). The van der Waals surface area contributed by atoms with E-state index in [0.717, 1.165) is 17.5 Å². The Morgan fingerprint density at radius 2 is 1.83 bits per heavy atom. The number of anilines is 2. The van der Waals surface area contributed by atoms with Crippen LogP contribution in [-0.4, -0.2) is 28.4 Å². The maximum Gasteiger partial charge on any atom is 0.416 e. The van der Waals surface area contributed by atoms with Crippen molar-refractivity contribution < 1.29 is 13.2 Å². The Balaban J connectivity index is 1.46. The molecule has 1 aromatic heterocycles. The highest BCUT2D eigenvalue weighted by molar-refractivity contribution is 7.80. The summed E-state index contributed by atoms with van der Waals surface area (Å²) in [5.74, 6) is 0.574. The van der Waals surface area contributed by atoms with Crippen molar-refractivity contribution in [2.24, 2.45) is 0 Å². The van der Waals surface area contributed by atoms with E-state index in [2.05, 4.69) is 26.1 Å². The summed E-state index contributed by atoms with van der Waals surface area (Å²) in [5, 5.41) is 16.8. The number of benzene rings is 2. The van der Waals surface area contributed by atoms with Gasteiger partial charge in [0.2, 0.25) is 0 Å². The molecule has 0 spiro atoms. The van der Waals surface area contributed by atoms with Crippen LogP contribution in [0.3, 0.4) is 0 Å². The van der Waals surface area contributed by atoms with Crippen LogP contribution in [0.15, 0.2) is 53.3 Å². The SMILES string of the molecule is O=c1[nH]nc(NCCCNC(=S)Nc2cccc(C(F)(F)F)c2)c2ccccc12. The van der Waals surface area contributed by atoms with Crippen LogP contribution < -0.4 is 21.5 Å². The monoisotopic (exact) mass is 421 g/mol. The van der Waals surface area contributed by atoms with Crippen molar-refractivity contribution in [1.29, 1.82) is 0 Å². The lowest BCUT2D eigenvalue weighted by molar-refractivity contribution is -0.137. The van der Waals surface area contributed by atoms with E-state index in [1.807, 2.05) is 12.1 Å². The average Bonchev–Trinajstić information content (AvgIpc) is 2.69. The zero-order valence-corrected chi connectivity index (χ0v) is 16.0. The number of nitrogens with zero attached hydrogens (tertiary/aromatic N) is 1. The van der Waals surface area contributed by atoms with E-state index in [9.17, 15) is 18.0 Å². The van der Waals surface area contributed by atoms with E-state index in [1.54, 1.807) is 12.1 Å². The molecule has 6 nitrogen and oxygen atoms in total. The number of aromatic amines is 1. The molecule has 4 N–H and O–H groups in total. The molecule has 2 aromatic carbocycles. The van der Waals surface area contributed by atoms with Crippen LogP contribution >= 0.6 is 12.2 Å². The molecule has 0 bridgehead atoms. The molecule has 0 aliphatic carbocycles. The van der Waals surface area contributed by atoms with Gasteiger partial charge in [-0.25, -0.2) is 5.10 Å². The molecule has 0 aliphatic rings. The van der Waals surface area contributed by atoms with Crippen molar-refractivity contribution in [2.45, 2.75) is 12.6 Å². The predicted molar refractivity (Wildman–Crippen MR) is 111 cm³/mol. The third kappa shape index (κ3) is 5.44. The molecule has 152 valence electrons. The summed E-state index contributed by atoms with van der Waals surface area (Å²) in [7, 11) is 0. The summed E-state index contributed by atoms with van der Waals surface area (Å²) in [6.07, 6.45) is -3.74. The maximum absolute atomic E-state index is 12.7. The lowest BCUT2D eigenvalue weighted by Gasteiger charge is -2.13. The molecule has 0 amide bonds. The highest BCUT2D eigenvalue weighted by Gasteiger charge is 2.30. The van der Waals surface area contributed by atoms with Gasteiger partial charge in [-0.05, 0) is 42.9 Å². The van der Waals surface area contributed by atoms with Gasteiger partial charge < -0.3 is 16.0 Å². The molecule has 0 saturated heterocycles. The summed E-state index contributed by atoms with van der Waals surface area (Å²) in [5.41, 5.74) is -0.728. The van der Waals surface area contributed by atoms with Crippen molar-refractivity contribution >= 4 is 39.6 Å². The topological polar surface area (TPSA) is 81.8 Å². The Morgan fingerprint density at radius 1 is 1.07 bits per heavy atom. The summed E-state index contributed by atoms with van der Waals surface area (Å²) < 4.78 is 38.2. The number of hydrogen-bond donors (Lipinski definition) is 4. The lowest BCUT2D eigenvalue weighted by atomic mass is 10.2. The highest BCUT2D eigenvalue weighted by Crippen LogP contribution is 2.30. The van der Waals surface area contributed by atoms with Gasteiger partial charge in [-0.2, -0.15) is 18.3 Å². The number of aromatic nitrogens is 2. The zero-order chi connectivity index (χ0) is 20.9. The number of H-pyrrole nitrogens is 1. The Morgan fingerprint density at radius 3 is 2.59 bits per heavy atom. The van der Waals surface area contributed by atoms with Crippen LogP contribution in [0, 0.1) is 0 Å². The molecule has 0 atom stereocenters. The number of thiocarbonyl (C=S) groups is 1. The zero-order valence-electron chi connectivity index (χ0n) is 15.1. The van der Waals surface area contributed by atoms with Gasteiger partial charge in [0.25, 0.3) is 5.56 Å². The summed E-state index contributed by atoms with van der Waals surface area (Å²) >= 11 is 5.12. The van der Waals surface area contributed by atoms with Crippen LogP contribution in [0.1, 0.15) is 12.0 Å². The van der Waals surface area contributed by atoms with E-state index in [0.29, 0.717) is 30.7 Å². The number of hydrogen-bond acceptors (Lipinski definition) is 4. The second kappa shape index (κ2) is 8.91. The Bertz CT molecular complexity index is 1070. The van der Waals surface area contributed by atoms with Crippen molar-refractivity contribution in [3.63, 3.8) is 0 Å². The van der Waals surface area contributed by atoms with Gasteiger partial charge in [-0.3, -0.25) is 4.79 Å². The predicted octanol–water partition coefficient (Wildman–Crippen LogP) is 3.73. The van der Waals surface area contributed by atoms with E-state index in [-0.39, 0.29) is 16.4 Å². The molecule has 0 saturated carbocycles. The van der Waals surface area contributed by atoms with Crippen molar-refractivity contribution in [3.8, 4) is 0 Å². The van der Waals surface area contributed by atoms with Crippen LogP contribution in [0.2, 0.25) is 0 Å². The van der Waals surface area contributed by atoms with E-state index >= 15 is 0 Å². The van der Waals surface area contributed by atoms with Gasteiger partial charge in [-0.1, -0.05) is 24.3 Å². The lowest BCUT2D eigenvalue weighted by Crippen LogP contribution is -2.30. The molecular formula is C19H18F3N5OS. The number of rotatable bonds is 6. The fraction of sp³-hybridized carbons (Fsp3) is 0.211. The quantitative estimate of drug-likeness (QED) is 0.359. The normalized spacial score (nSPS) is 11.3. The molecule has 3 aromatic rings. The minimum absolute atomic E-state index is 0.233. The largest absolute Gasteiger partial charge is 0.416 e. The smallest absolute Gasteiger partial charge is 0.368 e. The summed E-state index contributed by atoms with van der Waals surface area (Å²) in [6.45, 7) is 1.06. The number of alkyl halides is 3. The first-order valence-electron chi connectivity index (χ1n) is 8.78. The van der Waals surface area contributed by atoms with E-state index < -0.39 is 11.7 Å². The first-order valence-corrected chi connectivity index (χ1v) is 9.19. The molecule has 10 heteroatoms. The van der Waals surface area contributed by atoms with Crippen molar-refractivity contribution in [1.82, 2.24) is 15.5 Å². The van der Waals surface area contributed by atoms with Gasteiger partial charge >= 0.3 is 6.18 Å². The number of nitrogens with one attached hydrogen (secondary N) is 4. The van der Waals surface area contributed by atoms with Crippen molar-refractivity contribution in [2.75, 3.05) is 23.7 Å². The van der Waals surface area contributed by atoms with Gasteiger partial charge in [-0.15, -0.1) is 0 Å². The Kier molecular flexibility index (Phi) is 6.32. The fourth-order valence-corrected chi connectivity index (χ4v) is 2.92. The van der Waals surface area contributed by atoms with Crippen LogP contribution in [0.5, 0.6) is 0 Å². The second-order valence-electron chi connectivity index (χ2n) is 6.19. The molecule has 0 unspecified atom stereocenters. The van der Waals surface area contributed by atoms with Gasteiger partial charge in [0, 0.05) is 24.2 Å². The van der Waals surface area contributed by atoms with Crippen LogP contribution in [0.4, 0.5) is 24.7 Å². The molecule has 1 heterocycles. The first kappa shape index (κ1) is 20.6. The number of fused-ring (bicyclic) bond motifs is 1. The van der Waals surface area contributed by atoms with Crippen molar-refractivity contribution in [3.05, 3.63) is 64.4 Å². The standard InChI is InChI=1S/C19H18F3N5OS/c20-19(21,22)12-5-3-6-13(11-12)25-18(29)24-10-4-9-23-16-14-7-1-2-8-15(14)17(28)27-26-16/h1-3,5-8,11H,4,9-10H2,(H,23,26)(H,27,28)(H2,24,25,29). The molecule has 0 radical (unpaired) electrons. The highest BCUT2D eigenvalue weighted by atomic mass is 32.1.